The zero-order chi connectivity index (χ0) is 11.9. The van der Waals surface area contributed by atoms with Gasteiger partial charge in [-0.25, -0.2) is 0 Å². The van der Waals surface area contributed by atoms with E-state index in [-0.39, 0.29) is 11.1 Å². The zero-order valence-electron chi connectivity index (χ0n) is 10.3. The minimum absolute atomic E-state index is 0.116. The molecule has 0 aromatic rings. The molecule has 4 heteroatoms. The Labute approximate surface area is 92.6 Å². The van der Waals surface area contributed by atoms with Crippen LogP contribution in [0, 0.1) is 0 Å². The van der Waals surface area contributed by atoms with Crippen molar-refractivity contribution in [3.63, 3.8) is 0 Å². The number of piperidine rings is 1. The van der Waals surface area contributed by atoms with Gasteiger partial charge in [0.15, 0.2) is 0 Å². The average Bonchev–Trinajstić information content (AvgIpc) is 2.02. The van der Waals surface area contributed by atoms with Gasteiger partial charge in [0.2, 0.25) is 0 Å². The Bertz CT molecular complexity index is 178. The summed E-state index contributed by atoms with van der Waals surface area (Å²) < 4.78 is 4.55. The van der Waals surface area contributed by atoms with Gasteiger partial charge in [0, 0.05) is 5.54 Å². The van der Waals surface area contributed by atoms with Crippen molar-refractivity contribution in [2.45, 2.75) is 51.7 Å². The van der Waals surface area contributed by atoms with Gasteiger partial charge >= 0.3 is 0 Å². The van der Waals surface area contributed by atoms with Crippen molar-refractivity contribution in [2.75, 3.05) is 13.1 Å². The molecule has 0 aliphatic carbocycles. The Balaban J connectivity index is 0.000000265. The highest BCUT2D eigenvalue weighted by Crippen LogP contribution is 2.12. The maximum atomic E-state index is 9.60. The third-order valence-corrected chi connectivity index (χ3v) is 2.15. The first-order valence-corrected chi connectivity index (χ1v) is 5.38. The number of rotatable bonds is 1. The molecule has 0 aromatic heterocycles. The van der Waals surface area contributed by atoms with E-state index in [2.05, 4.69) is 17.0 Å². The van der Waals surface area contributed by atoms with Gasteiger partial charge in [0.25, 0.3) is 6.47 Å². The summed E-state index contributed by atoms with van der Waals surface area (Å²) >= 11 is 0. The lowest BCUT2D eigenvalue weighted by Gasteiger charge is -2.29. The van der Waals surface area contributed by atoms with E-state index in [1.807, 2.05) is 20.8 Å². The lowest BCUT2D eigenvalue weighted by atomic mass is 9.92. The molecule has 15 heavy (non-hydrogen) atoms. The summed E-state index contributed by atoms with van der Waals surface area (Å²) in [6, 6.07) is 0. The Morgan fingerprint density at radius 3 is 1.93 bits per heavy atom. The number of nitrogens with one attached hydrogen (secondary N) is 1. The van der Waals surface area contributed by atoms with Crippen LogP contribution in [0.2, 0.25) is 0 Å². The zero-order valence-corrected chi connectivity index (χ0v) is 10.3. The van der Waals surface area contributed by atoms with E-state index in [9.17, 15) is 4.79 Å². The Morgan fingerprint density at radius 1 is 1.33 bits per heavy atom. The molecule has 0 radical (unpaired) electrons. The van der Waals surface area contributed by atoms with Crippen LogP contribution in [0.5, 0.6) is 0 Å². The van der Waals surface area contributed by atoms with Crippen LogP contribution in [0.3, 0.4) is 0 Å². The van der Waals surface area contributed by atoms with Gasteiger partial charge in [0.05, 0.1) is 0 Å². The molecular formula is C11H24N2O2. The SMILES string of the molecule is CC(C)(C)OC=O.CC1(N)CCNCC1. The van der Waals surface area contributed by atoms with Crippen molar-refractivity contribution in [1.82, 2.24) is 5.32 Å². The fourth-order valence-corrected chi connectivity index (χ4v) is 1.14. The van der Waals surface area contributed by atoms with Crippen LogP contribution in [0.15, 0.2) is 0 Å². The molecule has 0 spiro atoms. The summed E-state index contributed by atoms with van der Waals surface area (Å²) in [7, 11) is 0. The van der Waals surface area contributed by atoms with E-state index in [0.29, 0.717) is 6.47 Å². The van der Waals surface area contributed by atoms with E-state index in [4.69, 9.17) is 5.73 Å². The predicted octanol–water partition coefficient (Wildman–Crippen LogP) is 1.05. The van der Waals surface area contributed by atoms with Crippen LogP contribution < -0.4 is 11.1 Å². The standard InChI is InChI=1S/C6H14N2.C5H10O2/c1-6(7)2-4-8-5-3-6;1-5(2,3)7-4-6/h8H,2-5,7H2,1H3;4H,1-3H3. The third-order valence-electron chi connectivity index (χ3n) is 2.15. The molecule has 0 atom stereocenters. The van der Waals surface area contributed by atoms with Crippen molar-refractivity contribution >= 4 is 6.47 Å². The molecule has 0 bridgehead atoms. The third kappa shape index (κ3) is 9.69. The summed E-state index contributed by atoms with van der Waals surface area (Å²) in [5, 5.41) is 3.26. The highest BCUT2D eigenvalue weighted by Gasteiger charge is 2.20. The molecule has 0 unspecified atom stereocenters. The predicted molar refractivity (Wildman–Crippen MR) is 61.6 cm³/mol. The van der Waals surface area contributed by atoms with Crippen molar-refractivity contribution in [1.29, 1.82) is 0 Å². The number of hydrogen-bond donors (Lipinski definition) is 2. The quantitative estimate of drug-likeness (QED) is 0.643. The van der Waals surface area contributed by atoms with Gasteiger partial charge in [-0.05, 0) is 53.6 Å². The molecule has 3 N–H and O–H groups in total. The first-order chi connectivity index (χ1) is 6.77. The van der Waals surface area contributed by atoms with Gasteiger partial charge in [-0.15, -0.1) is 0 Å². The lowest BCUT2D eigenvalue weighted by molar-refractivity contribution is -0.138. The Hall–Kier alpha value is -0.610. The Kier molecular flexibility index (Phi) is 5.83. The van der Waals surface area contributed by atoms with Crippen LogP contribution in [-0.2, 0) is 9.53 Å². The van der Waals surface area contributed by atoms with E-state index >= 15 is 0 Å². The van der Waals surface area contributed by atoms with Crippen LogP contribution in [-0.4, -0.2) is 30.7 Å². The lowest BCUT2D eigenvalue weighted by Crippen LogP contribution is -2.46. The van der Waals surface area contributed by atoms with Crippen molar-refractivity contribution in [2.24, 2.45) is 5.73 Å². The molecule has 90 valence electrons. The van der Waals surface area contributed by atoms with Crippen LogP contribution in [0.4, 0.5) is 0 Å². The highest BCUT2D eigenvalue weighted by molar-refractivity contribution is 5.37. The van der Waals surface area contributed by atoms with Gasteiger partial charge in [-0.2, -0.15) is 0 Å². The molecule has 1 rings (SSSR count). The van der Waals surface area contributed by atoms with E-state index in [1.54, 1.807) is 0 Å². The summed E-state index contributed by atoms with van der Waals surface area (Å²) in [4.78, 5) is 9.60. The second-order valence-corrected chi connectivity index (χ2v) is 5.23. The van der Waals surface area contributed by atoms with E-state index < -0.39 is 0 Å². The average molecular weight is 216 g/mol. The van der Waals surface area contributed by atoms with Gasteiger partial charge < -0.3 is 15.8 Å². The molecule has 1 heterocycles. The fourth-order valence-electron chi connectivity index (χ4n) is 1.14. The molecule has 0 saturated carbocycles. The largest absolute Gasteiger partial charge is 0.462 e. The van der Waals surface area contributed by atoms with E-state index in [0.717, 1.165) is 25.9 Å². The molecule has 4 nitrogen and oxygen atoms in total. The minimum atomic E-state index is -0.318. The number of nitrogens with two attached hydrogens (primary N) is 1. The van der Waals surface area contributed by atoms with Crippen LogP contribution >= 0.6 is 0 Å². The number of carbonyl (C=O) groups is 1. The maximum absolute atomic E-state index is 9.60. The number of hydrogen-bond acceptors (Lipinski definition) is 4. The monoisotopic (exact) mass is 216 g/mol. The topological polar surface area (TPSA) is 64.3 Å². The smallest absolute Gasteiger partial charge is 0.293 e. The molecule has 1 fully saturated rings. The van der Waals surface area contributed by atoms with Crippen molar-refractivity contribution in [3.8, 4) is 0 Å². The Morgan fingerprint density at radius 2 is 1.80 bits per heavy atom. The molecule has 0 amide bonds. The highest BCUT2D eigenvalue weighted by atomic mass is 16.5. The maximum Gasteiger partial charge on any atom is 0.293 e. The summed E-state index contributed by atoms with van der Waals surface area (Å²) in [6.07, 6.45) is 2.24. The first-order valence-electron chi connectivity index (χ1n) is 5.38. The van der Waals surface area contributed by atoms with Gasteiger partial charge in [0.1, 0.15) is 5.60 Å². The molecular weight excluding hydrogens is 192 g/mol. The minimum Gasteiger partial charge on any atom is -0.462 e. The van der Waals surface area contributed by atoms with Gasteiger partial charge in [-0.3, -0.25) is 4.79 Å². The van der Waals surface area contributed by atoms with E-state index in [1.165, 1.54) is 0 Å². The normalized spacial score (nSPS) is 19.8. The summed E-state index contributed by atoms with van der Waals surface area (Å²) in [6.45, 7) is 10.2. The van der Waals surface area contributed by atoms with Crippen molar-refractivity contribution < 1.29 is 9.53 Å². The molecule has 1 aliphatic heterocycles. The van der Waals surface area contributed by atoms with Crippen LogP contribution in [0.25, 0.3) is 0 Å². The number of ether oxygens (including phenoxy) is 1. The first kappa shape index (κ1) is 14.4. The summed E-state index contributed by atoms with van der Waals surface area (Å²) in [5.41, 5.74) is 5.64. The summed E-state index contributed by atoms with van der Waals surface area (Å²) in [5.74, 6) is 0. The second kappa shape index (κ2) is 6.08. The second-order valence-electron chi connectivity index (χ2n) is 5.23. The molecule has 1 saturated heterocycles. The van der Waals surface area contributed by atoms with Crippen LogP contribution in [0.1, 0.15) is 40.5 Å². The molecule has 0 aromatic carbocycles. The van der Waals surface area contributed by atoms with Gasteiger partial charge in [-0.1, -0.05) is 0 Å². The molecule has 1 aliphatic rings. The van der Waals surface area contributed by atoms with Crippen molar-refractivity contribution in [3.05, 3.63) is 0 Å². The fraction of sp³-hybridized carbons (Fsp3) is 0.909. The number of carbonyl (C=O) groups excluding carboxylic acids is 1.